The highest BCUT2D eigenvalue weighted by Crippen LogP contribution is 2.34. The molecule has 1 rings (SSSR count). The van der Waals surface area contributed by atoms with E-state index in [0.29, 0.717) is 0 Å². The summed E-state index contributed by atoms with van der Waals surface area (Å²) in [5.41, 5.74) is 0.181. The van der Waals surface area contributed by atoms with Crippen LogP contribution in [0.2, 0.25) is 0 Å². The smallest absolute Gasteiger partial charge is 0.223 e. The molecule has 1 atom stereocenters. The molecule has 2 heteroatoms. The molecule has 0 bridgehead atoms. The van der Waals surface area contributed by atoms with Gasteiger partial charge in [0, 0.05) is 12.5 Å². The SMILES string of the molecule is CCC(C)(C)C1CCNC1=O. The molecule has 2 nitrogen and oxygen atoms in total. The van der Waals surface area contributed by atoms with Crippen LogP contribution in [0.25, 0.3) is 0 Å². The van der Waals surface area contributed by atoms with E-state index in [2.05, 4.69) is 26.1 Å². The molecule has 1 saturated heterocycles. The Kier molecular flexibility index (Phi) is 2.21. The van der Waals surface area contributed by atoms with Gasteiger partial charge in [0.1, 0.15) is 0 Å². The molecule has 0 radical (unpaired) electrons. The number of amides is 1. The van der Waals surface area contributed by atoms with E-state index in [1.54, 1.807) is 0 Å². The van der Waals surface area contributed by atoms with Crippen LogP contribution in [0.15, 0.2) is 0 Å². The van der Waals surface area contributed by atoms with Crippen molar-refractivity contribution in [1.82, 2.24) is 5.32 Å². The normalized spacial score (nSPS) is 25.4. The topological polar surface area (TPSA) is 29.1 Å². The summed E-state index contributed by atoms with van der Waals surface area (Å²) < 4.78 is 0. The highest BCUT2D eigenvalue weighted by Gasteiger charge is 2.36. The van der Waals surface area contributed by atoms with Crippen molar-refractivity contribution in [1.29, 1.82) is 0 Å². The number of rotatable bonds is 2. The van der Waals surface area contributed by atoms with E-state index in [1.807, 2.05) is 0 Å². The molecule has 64 valence electrons. The molecule has 1 unspecified atom stereocenters. The molecule has 0 aromatic rings. The first kappa shape index (κ1) is 8.57. The number of hydrogen-bond donors (Lipinski definition) is 1. The van der Waals surface area contributed by atoms with Gasteiger partial charge in [0.15, 0.2) is 0 Å². The van der Waals surface area contributed by atoms with Crippen molar-refractivity contribution in [2.75, 3.05) is 6.54 Å². The third kappa shape index (κ3) is 1.55. The summed E-state index contributed by atoms with van der Waals surface area (Å²) in [7, 11) is 0. The summed E-state index contributed by atoms with van der Waals surface area (Å²) in [5, 5.41) is 2.87. The highest BCUT2D eigenvalue weighted by atomic mass is 16.2. The summed E-state index contributed by atoms with van der Waals surface area (Å²) in [6, 6.07) is 0. The maximum atomic E-state index is 11.3. The van der Waals surface area contributed by atoms with E-state index in [1.165, 1.54) is 0 Å². The zero-order valence-corrected chi connectivity index (χ0v) is 7.61. The molecule has 1 aliphatic heterocycles. The summed E-state index contributed by atoms with van der Waals surface area (Å²) >= 11 is 0. The predicted molar refractivity (Wildman–Crippen MR) is 45.2 cm³/mol. The molecule has 0 aromatic carbocycles. The van der Waals surface area contributed by atoms with Gasteiger partial charge in [-0.3, -0.25) is 4.79 Å². The van der Waals surface area contributed by atoms with Gasteiger partial charge in [0.25, 0.3) is 0 Å². The van der Waals surface area contributed by atoms with Gasteiger partial charge in [-0.2, -0.15) is 0 Å². The average Bonchev–Trinajstić information content (AvgIpc) is 2.36. The van der Waals surface area contributed by atoms with Crippen LogP contribution in [0.4, 0.5) is 0 Å². The van der Waals surface area contributed by atoms with Crippen LogP contribution in [-0.2, 0) is 4.79 Å². The third-order valence-corrected chi connectivity index (χ3v) is 2.90. The number of nitrogens with one attached hydrogen (secondary N) is 1. The Hall–Kier alpha value is -0.530. The van der Waals surface area contributed by atoms with Gasteiger partial charge in [-0.15, -0.1) is 0 Å². The molecule has 11 heavy (non-hydrogen) atoms. The molecule has 1 heterocycles. The summed E-state index contributed by atoms with van der Waals surface area (Å²) in [5.74, 6) is 0.490. The minimum absolute atomic E-state index is 0.181. The lowest BCUT2D eigenvalue weighted by Crippen LogP contribution is -2.30. The van der Waals surface area contributed by atoms with Gasteiger partial charge < -0.3 is 5.32 Å². The molecule has 1 amide bonds. The molecular formula is C9H17NO. The van der Waals surface area contributed by atoms with Crippen LogP contribution < -0.4 is 5.32 Å². The Morgan fingerprint density at radius 3 is 2.64 bits per heavy atom. The number of carbonyl (C=O) groups is 1. The van der Waals surface area contributed by atoms with Crippen LogP contribution >= 0.6 is 0 Å². The van der Waals surface area contributed by atoms with Gasteiger partial charge in [-0.1, -0.05) is 27.2 Å². The van der Waals surface area contributed by atoms with Crippen LogP contribution in [0, 0.1) is 11.3 Å². The van der Waals surface area contributed by atoms with Crippen LogP contribution in [0.1, 0.15) is 33.6 Å². The monoisotopic (exact) mass is 155 g/mol. The quantitative estimate of drug-likeness (QED) is 0.644. The molecule has 0 aliphatic carbocycles. The van der Waals surface area contributed by atoms with E-state index in [4.69, 9.17) is 0 Å². The Balaban J connectivity index is 2.65. The summed E-state index contributed by atoms with van der Waals surface area (Å²) in [6.07, 6.45) is 2.09. The zero-order chi connectivity index (χ0) is 8.48. The number of hydrogen-bond acceptors (Lipinski definition) is 1. The van der Waals surface area contributed by atoms with Crippen molar-refractivity contribution < 1.29 is 4.79 Å². The maximum absolute atomic E-state index is 11.3. The lowest BCUT2D eigenvalue weighted by molar-refractivity contribution is -0.125. The minimum atomic E-state index is 0.181. The Morgan fingerprint density at radius 1 is 1.64 bits per heavy atom. The second kappa shape index (κ2) is 2.84. The fraction of sp³-hybridized carbons (Fsp3) is 0.889. The first-order valence-corrected chi connectivity index (χ1v) is 4.35. The maximum Gasteiger partial charge on any atom is 0.223 e. The van der Waals surface area contributed by atoms with Crippen LogP contribution in [0.5, 0.6) is 0 Å². The molecule has 1 aliphatic rings. The van der Waals surface area contributed by atoms with E-state index in [0.717, 1.165) is 19.4 Å². The lowest BCUT2D eigenvalue weighted by atomic mass is 9.76. The zero-order valence-electron chi connectivity index (χ0n) is 7.61. The first-order valence-electron chi connectivity index (χ1n) is 4.35. The standard InChI is InChI=1S/C9H17NO/c1-4-9(2,3)7-5-6-10-8(7)11/h7H,4-6H2,1-3H3,(H,10,11). The molecule has 0 aromatic heterocycles. The van der Waals surface area contributed by atoms with Crippen LogP contribution in [-0.4, -0.2) is 12.5 Å². The Morgan fingerprint density at radius 2 is 2.27 bits per heavy atom. The molecule has 0 saturated carbocycles. The van der Waals surface area contributed by atoms with Crippen molar-refractivity contribution in [2.24, 2.45) is 11.3 Å². The largest absolute Gasteiger partial charge is 0.356 e. The molecule has 0 spiro atoms. The second-order valence-corrected chi connectivity index (χ2v) is 3.97. The molecule has 1 N–H and O–H groups in total. The second-order valence-electron chi connectivity index (χ2n) is 3.97. The van der Waals surface area contributed by atoms with E-state index in [9.17, 15) is 4.79 Å². The highest BCUT2D eigenvalue weighted by molar-refractivity contribution is 5.81. The van der Waals surface area contributed by atoms with Gasteiger partial charge in [0.2, 0.25) is 5.91 Å². The van der Waals surface area contributed by atoms with E-state index < -0.39 is 0 Å². The van der Waals surface area contributed by atoms with Crippen molar-refractivity contribution in [2.45, 2.75) is 33.6 Å². The third-order valence-electron chi connectivity index (χ3n) is 2.90. The van der Waals surface area contributed by atoms with E-state index >= 15 is 0 Å². The van der Waals surface area contributed by atoms with Gasteiger partial charge >= 0.3 is 0 Å². The van der Waals surface area contributed by atoms with Gasteiger partial charge in [-0.25, -0.2) is 0 Å². The first-order chi connectivity index (χ1) is 5.08. The van der Waals surface area contributed by atoms with Gasteiger partial charge in [-0.05, 0) is 11.8 Å². The minimum Gasteiger partial charge on any atom is -0.356 e. The van der Waals surface area contributed by atoms with Crippen LogP contribution in [0.3, 0.4) is 0 Å². The lowest BCUT2D eigenvalue weighted by Gasteiger charge is -2.27. The average molecular weight is 155 g/mol. The Labute approximate surface area is 68.4 Å². The van der Waals surface area contributed by atoms with Crippen molar-refractivity contribution >= 4 is 5.91 Å². The number of carbonyl (C=O) groups excluding carboxylic acids is 1. The molecular weight excluding hydrogens is 138 g/mol. The van der Waals surface area contributed by atoms with Crippen molar-refractivity contribution in [3.05, 3.63) is 0 Å². The predicted octanol–water partition coefficient (Wildman–Crippen LogP) is 1.56. The fourth-order valence-corrected chi connectivity index (χ4v) is 1.59. The Bertz CT molecular complexity index is 163. The molecule has 1 fully saturated rings. The van der Waals surface area contributed by atoms with Crippen molar-refractivity contribution in [3.8, 4) is 0 Å². The van der Waals surface area contributed by atoms with E-state index in [-0.39, 0.29) is 17.2 Å². The van der Waals surface area contributed by atoms with Gasteiger partial charge in [0.05, 0.1) is 0 Å². The summed E-state index contributed by atoms with van der Waals surface area (Å²) in [6.45, 7) is 7.35. The fourth-order valence-electron chi connectivity index (χ4n) is 1.59. The van der Waals surface area contributed by atoms with Crippen molar-refractivity contribution in [3.63, 3.8) is 0 Å². The summed E-state index contributed by atoms with van der Waals surface area (Å²) in [4.78, 5) is 11.3.